The van der Waals surface area contributed by atoms with Gasteiger partial charge in [-0.1, -0.05) is 30.3 Å². The third-order valence-electron chi connectivity index (χ3n) is 5.68. The number of likely N-dealkylation sites (tertiary alicyclic amines) is 1. The number of hydrogen-bond donors (Lipinski definition) is 1. The Morgan fingerprint density at radius 1 is 1.07 bits per heavy atom. The first-order chi connectivity index (χ1) is 14.7. The molecular weight excluding hydrogens is 374 g/mol. The third-order valence-corrected chi connectivity index (χ3v) is 5.68. The Kier molecular flexibility index (Phi) is 6.40. The second kappa shape index (κ2) is 9.55. The maximum Gasteiger partial charge on any atom is 0.227 e. The second-order valence-corrected chi connectivity index (χ2v) is 7.67. The van der Waals surface area contributed by atoms with Gasteiger partial charge in [0.25, 0.3) is 0 Å². The molecule has 1 saturated heterocycles. The number of rotatable bonds is 6. The third kappa shape index (κ3) is 4.86. The molecule has 1 aliphatic rings. The molecule has 1 fully saturated rings. The van der Waals surface area contributed by atoms with Crippen LogP contribution in [0.5, 0.6) is 5.75 Å². The monoisotopic (exact) mass is 401 g/mol. The molecule has 1 N–H and O–H groups in total. The molecule has 5 nitrogen and oxygen atoms in total. The maximum atomic E-state index is 13.0. The van der Waals surface area contributed by atoms with Crippen molar-refractivity contribution >= 4 is 11.6 Å². The van der Waals surface area contributed by atoms with Gasteiger partial charge in [-0.2, -0.15) is 0 Å². The molecule has 154 valence electrons. The highest BCUT2D eigenvalue weighted by molar-refractivity contribution is 5.96. The number of ether oxygens (including phenoxy) is 1. The van der Waals surface area contributed by atoms with Crippen molar-refractivity contribution in [3.63, 3.8) is 0 Å². The summed E-state index contributed by atoms with van der Waals surface area (Å²) in [7, 11) is 1.66. The Morgan fingerprint density at radius 3 is 2.60 bits per heavy atom. The van der Waals surface area contributed by atoms with Crippen LogP contribution in [0.1, 0.15) is 18.4 Å². The molecule has 0 bridgehead atoms. The first kappa shape index (κ1) is 20.1. The van der Waals surface area contributed by atoms with Crippen molar-refractivity contribution in [1.82, 2.24) is 9.88 Å². The Labute approximate surface area is 177 Å². The molecule has 3 aromatic rings. The van der Waals surface area contributed by atoms with Gasteiger partial charge in [-0.25, -0.2) is 0 Å². The van der Waals surface area contributed by atoms with E-state index in [0.29, 0.717) is 0 Å². The van der Waals surface area contributed by atoms with Gasteiger partial charge in [0.05, 0.1) is 7.11 Å². The van der Waals surface area contributed by atoms with Crippen LogP contribution >= 0.6 is 0 Å². The minimum Gasteiger partial charge on any atom is -0.497 e. The lowest BCUT2D eigenvalue weighted by atomic mass is 9.95. The number of amides is 1. The van der Waals surface area contributed by atoms with Crippen molar-refractivity contribution < 1.29 is 9.53 Å². The Balaban J connectivity index is 1.39. The number of hydrogen-bond acceptors (Lipinski definition) is 4. The van der Waals surface area contributed by atoms with Gasteiger partial charge in [0.2, 0.25) is 5.91 Å². The smallest absolute Gasteiger partial charge is 0.227 e. The number of nitrogens with zero attached hydrogens (tertiary/aromatic N) is 2. The molecule has 1 aliphatic heterocycles. The van der Waals surface area contributed by atoms with Crippen molar-refractivity contribution in [3.05, 3.63) is 78.6 Å². The fourth-order valence-corrected chi connectivity index (χ4v) is 3.97. The summed E-state index contributed by atoms with van der Waals surface area (Å²) in [5.74, 6) is 0.946. The molecule has 0 aliphatic carbocycles. The molecule has 0 saturated carbocycles. The molecule has 0 radical (unpaired) electrons. The van der Waals surface area contributed by atoms with Crippen molar-refractivity contribution in [2.45, 2.75) is 19.4 Å². The molecule has 0 unspecified atom stereocenters. The van der Waals surface area contributed by atoms with Gasteiger partial charge >= 0.3 is 0 Å². The first-order valence-corrected chi connectivity index (χ1v) is 10.4. The van der Waals surface area contributed by atoms with Crippen LogP contribution < -0.4 is 10.1 Å². The predicted octanol–water partition coefficient (Wildman–Crippen LogP) is 4.61. The lowest BCUT2D eigenvalue weighted by molar-refractivity contribution is -0.121. The van der Waals surface area contributed by atoms with E-state index < -0.39 is 0 Å². The molecular formula is C25H27N3O2. The Morgan fingerprint density at radius 2 is 1.83 bits per heavy atom. The summed E-state index contributed by atoms with van der Waals surface area (Å²) in [5, 5.41) is 3.17. The van der Waals surface area contributed by atoms with Crippen LogP contribution in [0.15, 0.2) is 73.1 Å². The molecule has 0 spiro atoms. The maximum absolute atomic E-state index is 13.0. The highest BCUT2D eigenvalue weighted by Gasteiger charge is 2.25. The molecule has 0 atom stereocenters. The molecule has 1 amide bonds. The van der Waals surface area contributed by atoms with Crippen molar-refractivity contribution in [2.75, 3.05) is 25.5 Å². The van der Waals surface area contributed by atoms with Gasteiger partial charge in [0, 0.05) is 36.1 Å². The molecule has 4 rings (SSSR count). The minimum absolute atomic E-state index is 0.0389. The fraction of sp³-hybridized carbons (Fsp3) is 0.280. The van der Waals surface area contributed by atoms with Crippen LogP contribution in [0, 0.1) is 5.92 Å². The molecule has 2 heterocycles. The van der Waals surface area contributed by atoms with Crippen LogP contribution in [-0.2, 0) is 11.3 Å². The van der Waals surface area contributed by atoms with Gasteiger partial charge in [-0.3, -0.25) is 14.7 Å². The topological polar surface area (TPSA) is 54.5 Å². The van der Waals surface area contributed by atoms with Crippen LogP contribution in [-0.4, -0.2) is 36.0 Å². The van der Waals surface area contributed by atoms with Gasteiger partial charge in [-0.15, -0.1) is 0 Å². The predicted molar refractivity (Wildman–Crippen MR) is 119 cm³/mol. The highest BCUT2D eigenvalue weighted by atomic mass is 16.5. The molecule has 2 aromatic carbocycles. The number of benzene rings is 2. The van der Waals surface area contributed by atoms with Crippen LogP contribution in [0.2, 0.25) is 0 Å². The number of para-hydroxylation sites is 1. The standard InChI is InChI=1S/C25H27N3O2/c1-30-22-6-4-5-21(17-22)23-7-2-3-8-24(23)27-25(29)20-11-15-28(16-12-20)18-19-9-13-26-14-10-19/h2-10,13-14,17,20H,11-12,15-16,18H2,1H3,(H,27,29). The van der Waals surface area contributed by atoms with Gasteiger partial charge in [-0.05, 0) is 67.4 Å². The zero-order valence-electron chi connectivity index (χ0n) is 17.3. The van der Waals surface area contributed by atoms with Crippen LogP contribution in [0.25, 0.3) is 11.1 Å². The van der Waals surface area contributed by atoms with E-state index in [0.717, 1.165) is 55.0 Å². The zero-order chi connectivity index (χ0) is 20.8. The number of carbonyl (C=O) groups is 1. The summed E-state index contributed by atoms with van der Waals surface area (Å²) in [6, 6.07) is 19.9. The van der Waals surface area contributed by atoms with E-state index in [1.165, 1.54) is 5.56 Å². The summed E-state index contributed by atoms with van der Waals surface area (Å²) in [6.07, 6.45) is 5.40. The number of piperidine rings is 1. The normalized spacial score (nSPS) is 15.0. The SMILES string of the molecule is COc1cccc(-c2ccccc2NC(=O)C2CCN(Cc3ccncc3)CC2)c1. The van der Waals surface area contributed by atoms with E-state index in [1.807, 2.05) is 73.1 Å². The number of carbonyl (C=O) groups excluding carboxylic acids is 1. The fourth-order valence-electron chi connectivity index (χ4n) is 3.97. The average Bonchev–Trinajstić information content (AvgIpc) is 2.80. The quantitative estimate of drug-likeness (QED) is 0.655. The number of anilines is 1. The van der Waals surface area contributed by atoms with E-state index in [2.05, 4.69) is 15.2 Å². The molecule has 1 aromatic heterocycles. The Bertz CT molecular complexity index is 982. The number of aromatic nitrogens is 1. The van der Waals surface area contributed by atoms with E-state index in [1.54, 1.807) is 7.11 Å². The first-order valence-electron chi connectivity index (χ1n) is 10.4. The second-order valence-electron chi connectivity index (χ2n) is 7.67. The van der Waals surface area contributed by atoms with E-state index in [-0.39, 0.29) is 11.8 Å². The molecule has 5 heteroatoms. The Hall–Kier alpha value is -3.18. The van der Waals surface area contributed by atoms with Crippen molar-refractivity contribution in [1.29, 1.82) is 0 Å². The zero-order valence-corrected chi connectivity index (χ0v) is 17.3. The van der Waals surface area contributed by atoms with Crippen molar-refractivity contribution in [3.8, 4) is 16.9 Å². The largest absolute Gasteiger partial charge is 0.497 e. The lowest BCUT2D eigenvalue weighted by Crippen LogP contribution is -2.37. The summed E-state index contributed by atoms with van der Waals surface area (Å²) >= 11 is 0. The van der Waals surface area contributed by atoms with E-state index in [9.17, 15) is 4.79 Å². The van der Waals surface area contributed by atoms with Gasteiger partial charge in [0.1, 0.15) is 5.75 Å². The lowest BCUT2D eigenvalue weighted by Gasteiger charge is -2.31. The molecule has 30 heavy (non-hydrogen) atoms. The summed E-state index contributed by atoms with van der Waals surface area (Å²) < 4.78 is 5.35. The summed E-state index contributed by atoms with van der Waals surface area (Å²) in [4.78, 5) is 19.5. The number of pyridine rings is 1. The van der Waals surface area contributed by atoms with Crippen molar-refractivity contribution in [2.24, 2.45) is 5.92 Å². The minimum atomic E-state index is 0.0389. The van der Waals surface area contributed by atoms with E-state index >= 15 is 0 Å². The van der Waals surface area contributed by atoms with Crippen LogP contribution in [0.4, 0.5) is 5.69 Å². The average molecular weight is 402 g/mol. The number of methoxy groups -OCH3 is 1. The highest BCUT2D eigenvalue weighted by Crippen LogP contribution is 2.31. The van der Waals surface area contributed by atoms with Gasteiger partial charge < -0.3 is 10.1 Å². The summed E-state index contributed by atoms with van der Waals surface area (Å²) in [6.45, 7) is 2.77. The number of nitrogens with one attached hydrogen (secondary N) is 1. The van der Waals surface area contributed by atoms with Gasteiger partial charge in [0.15, 0.2) is 0 Å². The summed E-state index contributed by atoms with van der Waals surface area (Å²) in [5.41, 5.74) is 4.13. The van der Waals surface area contributed by atoms with E-state index in [4.69, 9.17) is 4.74 Å². The van der Waals surface area contributed by atoms with Crippen LogP contribution in [0.3, 0.4) is 0 Å².